The van der Waals surface area contributed by atoms with Gasteiger partial charge in [-0.1, -0.05) is 25.1 Å². The lowest BCUT2D eigenvalue weighted by Crippen LogP contribution is -2.28. The minimum Gasteiger partial charge on any atom is -0.497 e. The Hall–Kier alpha value is -2.29. The number of benzene rings is 2. The number of nitrogens with one attached hydrogen (secondary N) is 1. The van der Waals surface area contributed by atoms with E-state index in [2.05, 4.69) is 30.4 Å². The van der Waals surface area contributed by atoms with Crippen LogP contribution in [0.3, 0.4) is 0 Å². The molecule has 0 aromatic heterocycles. The molecule has 0 saturated heterocycles. The molecule has 0 heterocycles. The Bertz CT molecular complexity index is 706. The Balaban J connectivity index is 1.75. The molecule has 1 amide bonds. The van der Waals surface area contributed by atoms with Gasteiger partial charge in [-0.25, -0.2) is 0 Å². The van der Waals surface area contributed by atoms with Crippen LogP contribution >= 0.6 is 0 Å². The minimum absolute atomic E-state index is 0.0396. The molecule has 126 valence electrons. The highest BCUT2D eigenvalue weighted by atomic mass is 16.5. The topological polar surface area (TPSA) is 38.3 Å². The van der Waals surface area contributed by atoms with Gasteiger partial charge in [0.2, 0.25) is 0 Å². The number of rotatable bonds is 5. The molecule has 0 fully saturated rings. The van der Waals surface area contributed by atoms with Crippen LogP contribution in [-0.2, 0) is 12.8 Å². The molecule has 0 bridgehead atoms. The van der Waals surface area contributed by atoms with Gasteiger partial charge in [0, 0.05) is 5.56 Å². The average Bonchev–Trinajstić information content (AvgIpc) is 2.65. The number of hydrogen-bond acceptors (Lipinski definition) is 2. The number of amides is 1. The molecule has 0 saturated carbocycles. The molecule has 2 aromatic carbocycles. The number of methoxy groups -OCH3 is 1. The molecule has 3 rings (SSSR count). The first kappa shape index (κ1) is 16.6. The van der Waals surface area contributed by atoms with Crippen molar-refractivity contribution in [3.05, 3.63) is 64.7 Å². The molecule has 1 aliphatic carbocycles. The second-order valence-electron chi connectivity index (χ2n) is 6.40. The summed E-state index contributed by atoms with van der Waals surface area (Å²) < 4.78 is 5.14. The SMILES string of the molecule is CCC(NC(=O)c1ccc(OC)cc1)c1ccc2c(c1)CCCC2. The van der Waals surface area contributed by atoms with Crippen LogP contribution in [0.1, 0.15) is 59.3 Å². The monoisotopic (exact) mass is 323 g/mol. The highest BCUT2D eigenvalue weighted by Gasteiger charge is 2.17. The van der Waals surface area contributed by atoms with Crippen LogP contribution in [-0.4, -0.2) is 13.0 Å². The van der Waals surface area contributed by atoms with Gasteiger partial charge in [0.05, 0.1) is 13.2 Å². The molecule has 3 heteroatoms. The summed E-state index contributed by atoms with van der Waals surface area (Å²) in [7, 11) is 1.62. The number of fused-ring (bicyclic) bond motifs is 1. The summed E-state index contributed by atoms with van der Waals surface area (Å²) in [5.74, 6) is 0.718. The lowest BCUT2D eigenvalue weighted by molar-refractivity contribution is 0.0935. The number of carbonyl (C=O) groups is 1. The zero-order valence-electron chi connectivity index (χ0n) is 14.5. The van der Waals surface area contributed by atoms with E-state index < -0.39 is 0 Å². The van der Waals surface area contributed by atoms with Gasteiger partial charge in [-0.2, -0.15) is 0 Å². The number of aryl methyl sites for hydroxylation is 2. The Kier molecular flexibility index (Phi) is 5.19. The average molecular weight is 323 g/mol. The standard InChI is InChI=1S/C21H25NO2/c1-3-20(18-9-8-15-6-4-5-7-17(15)14-18)22-21(23)16-10-12-19(24-2)13-11-16/h8-14,20H,3-7H2,1-2H3,(H,22,23). The van der Waals surface area contributed by atoms with Gasteiger partial charge in [-0.05, 0) is 73.1 Å². The maximum atomic E-state index is 12.5. The highest BCUT2D eigenvalue weighted by molar-refractivity contribution is 5.94. The van der Waals surface area contributed by atoms with Crippen molar-refractivity contribution in [2.24, 2.45) is 0 Å². The molecule has 0 spiro atoms. The largest absolute Gasteiger partial charge is 0.497 e. The first-order valence-electron chi connectivity index (χ1n) is 8.78. The third kappa shape index (κ3) is 3.61. The van der Waals surface area contributed by atoms with Crippen molar-refractivity contribution < 1.29 is 9.53 Å². The summed E-state index contributed by atoms with van der Waals surface area (Å²) in [6.45, 7) is 2.11. The molecule has 1 N–H and O–H groups in total. The van der Waals surface area contributed by atoms with Gasteiger partial charge < -0.3 is 10.1 Å². The van der Waals surface area contributed by atoms with Crippen LogP contribution in [0.25, 0.3) is 0 Å². The van der Waals surface area contributed by atoms with Gasteiger partial charge in [0.15, 0.2) is 0 Å². The normalized spacial score (nSPS) is 14.6. The fraction of sp³-hybridized carbons (Fsp3) is 0.381. The molecule has 0 aliphatic heterocycles. The molecule has 1 atom stereocenters. The zero-order chi connectivity index (χ0) is 16.9. The van der Waals surface area contributed by atoms with E-state index in [1.54, 1.807) is 19.2 Å². The van der Waals surface area contributed by atoms with Gasteiger partial charge in [0.25, 0.3) is 5.91 Å². The van der Waals surface area contributed by atoms with Crippen LogP contribution in [0.2, 0.25) is 0 Å². The Morgan fingerprint density at radius 1 is 1.08 bits per heavy atom. The molecule has 2 aromatic rings. The smallest absolute Gasteiger partial charge is 0.251 e. The van der Waals surface area contributed by atoms with Crippen molar-refractivity contribution in [3.63, 3.8) is 0 Å². The Morgan fingerprint density at radius 3 is 2.46 bits per heavy atom. The molecular formula is C21H25NO2. The van der Waals surface area contributed by atoms with E-state index in [1.807, 2.05) is 12.1 Å². The quantitative estimate of drug-likeness (QED) is 0.882. The van der Waals surface area contributed by atoms with E-state index in [-0.39, 0.29) is 11.9 Å². The lowest BCUT2D eigenvalue weighted by Gasteiger charge is -2.22. The van der Waals surface area contributed by atoms with Gasteiger partial charge in [-0.3, -0.25) is 4.79 Å². The molecule has 1 unspecified atom stereocenters. The Morgan fingerprint density at radius 2 is 1.79 bits per heavy atom. The van der Waals surface area contributed by atoms with Crippen molar-refractivity contribution in [1.82, 2.24) is 5.32 Å². The molecule has 3 nitrogen and oxygen atoms in total. The van der Waals surface area contributed by atoms with Gasteiger partial charge in [0.1, 0.15) is 5.75 Å². The van der Waals surface area contributed by atoms with Crippen molar-refractivity contribution in [2.75, 3.05) is 7.11 Å². The predicted octanol–water partition coefficient (Wildman–Crippen LogP) is 4.46. The Labute approximate surface area is 144 Å². The molecular weight excluding hydrogens is 298 g/mol. The van der Waals surface area contributed by atoms with Crippen LogP contribution in [0.15, 0.2) is 42.5 Å². The van der Waals surface area contributed by atoms with Crippen LogP contribution in [0.5, 0.6) is 5.75 Å². The van der Waals surface area contributed by atoms with E-state index >= 15 is 0 Å². The summed E-state index contributed by atoms with van der Waals surface area (Å²) in [5, 5.41) is 3.16. The van der Waals surface area contributed by atoms with Crippen molar-refractivity contribution >= 4 is 5.91 Å². The minimum atomic E-state index is -0.0396. The maximum Gasteiger partial charge on any atom is 0.251 e. The van der Waals surface area contributed by atoms with E-state index in [9.17, 15) is 4.79 Å². The number of carbonyl (C=O) groups excluding carboxylic acids is 1. The van der Waals surface area contributed by atoms with E-state index in [0.717, 1.165) is 18.6 Å². The van der Waals surface area contributed by atoms with E-state index in [0.29, 0.717) is 5.56 Å². The van der Waals surface area contributed by atoms with E-state index in [4.69, 9.17) is 4.74 Å². The first-order chi connectivity index (χ1) is 11.7. The summed E-state index contributed by atoms with van der Waals surface area (Å²) in [5.41, 5.74) is 4.80. The zero-order valence-corrected chi connectivity index (χ0v) is 14.5. The highest BCUT2D eigenvalue weighted by Crippen LogP contribution is 2.26. The third-order valence-corrected chi connectivity index (χ3v) is 4.84. The summed E-state index contributed by atoms with van der Waals surface area (Å²) in [6.07, 6.45) is 5.78. The van der Waals surface area contributed by atoms with Crippen LogP contribution < -0.4 is 10.1 Å². The first-order valence-corrected chi connectivity index (χ1v) is 8.78. The fourth-order valence-corrected chi connectivity index (χ4v) is 3.38. The van der Waals surface area contributed by atoms with Crippen LogP contribution in [0.4, 0.5) is 0 Å². The third-order valence-electron chi connectivity index (χ3n) is 4.84. The molecule has 0 radical (unpaired) electrons. The second kappa shape index (κ2) is 7.52. The van der Waals surface area contributed by atoms with Crippen molar-refractivity contribution in [3.8, 4) is 5.75 Å². The summed E-state index contributed by atoms with van der Waals surface area (Å²) in [6, 6.07) is 14.0. The van der Waals surface area contributed by atoms with Crippen LogP contribution in [0, 0.1) is 0 Å². The molecule has 1 aliphatic rings. The predicted molar refractivity (Wildman–Crippen MR) is 96.6 cm³/mol. The molecule has 24 heavy (non-hydrogen) atoms. The summed E-state index contributed by atoms with van der Waals surface area (Å²) in [4.78, 5) is 12.5. The fourth-order valence-electron chi connectivity index (χ4n) is 3.38. The number of hydrogen-bond donors (Lipinski definition) is 1. The lowest BCUT2D eigenvalue weighted by atomic mass is 9.88. The van der Waals surface area contributed by atoms with E-state index in [1.165, 1.54) is 36.0 Å². The summed E-state index contributed by atoms with van der Waals surface area (Å²) >= 11 is 0. The second-order valence-corrected chi connectivity index (χ2v) is 6.40. The number of ether oxygens (including phenoxy) is 1. The van der Waals surface area contributed by atoms with Gasteiger partial charge >= 0.3 is 0 Å². The van der Waals surface area contributed by atoms with Crippen molar-refractivity contribution in [1.29, 1.82) is 0 Å². The van der Waals surface area contributed by atoms with Gasteiger partial charge in [-0.15, -0.1) is 0 Å². The maximum absolute atomic E-state index is 12.5. The van der Waals surface area contributed by atoms with Crippen molar-refractivity contribution in [2.45, 2.75) is 45.1 Å².